The third-order valence-electron chi connectivity index (χ3n) is 3.48. The first kappa shape index (κ1) is 15.3. The summed E-state index contributed by atoms with van der Waals surface area (Å²) >= 11 is 0. The van der Waals surface area contributed by atoms with Crippen molar-refractivity contribution in [2.24, 2.45) is 0 Å². The lowest BCUT2D eigenvalue weighted by Gasteiger charge is -2.48. The number of morpholine rings is 1. The van der Waals surface area contributed by atoms with Crippen LogP contribution in [0.5, 0.6) is 0 Å². The molecule has 20 heavy (non-hydrogen) atoms. The Morgan fingerprint density at radius 1 is 1.20 bits per heavy atom. The van der Waals surface area contributed by atoms with Crippen LogP contribution < -0.4 is 4.90 Å². The number of halogens is 1. The minimum Gasteiger partial charge on any atom is -0.389 e. The fourth-order valence-electron chi connectivity index (χ4n) is 3.17. The van der Waals surface area contributed by atoms with E-state index >= 15 is 0 Å². The van der Waals surface area contributed by atoms with Gasteiger partial charge in [0, 0.05) is 24.3 Å². The van der Waals surface area contributed by atoms with Crippen molar-refractivity contribution in [2.45, 2.75) is 51.9 Å². The first-order chi connectivity index (χ1) is 9.11. The highest BCUT2D eigenvalue weighted by molar-refractivity contribution is 5.56. The Labute approximate surface area is 120 Å². The molecule has 0 amide bonds. The van der Waals surface area contributed by atoms with E-state index in [0.29, 0.717) is 18.7 Å². The molecule has 4 heteroatoms. The van der Waals surface area contributed by atoms with Crippen LogP contribution in [0.15, 0.2) is 18.2 Å². The fraction of sp³-hybridized carbons (Fsp3) is 0.625. The molecule has 0 saturated carbocycles. The molecule has 0 radical (unpaired) electrons. The molecule has 1 aliphatic heterocycles. The maximum Gasteiger partial charge on any atom is 0.131 e. The molecular formula is C16H24FNO2. The first-order valence-electron chi connectivity index (χ1n) is 7.03. The van der Waals surface area contributed by atoms with Crippen molar-refractivity contribution in [3.8, 4) is 0 Å². The molecule has 0 unspecified atom stereocenters. The fourth-order valence-corrected chi connectivity index (χ4v) is 3.17. The summed E-state index contributed by atoms with van der Waals surface area (Å²) in [5.74, 6) is -0.361. The zero-order valence-electron chi connectivity index (χ0n) is 12.9. The van der Waals surface area contributed by atoms with Gasteiger partial charge in [0.05, 0.1) is 17.3 Å². The van der Waals surface area contributed by atoms with Crippen LogP contribution in [0.1, 0.15) is 46.3 Å². The van der Waals surface area contributed by atoms with Crippen molar-refractivity contribution < 1.29 is 14.2 Å². The van der Waals surface area contributed by atoms with Gasteiger partial charge in [0.25, 0.3) is 0 Å². The Morgan fingerprint density at radius 3 is 2.25 bits per heavy atom. The van der Waals surface area contributed by atoms with E-state index in [0.717, 1.165) is 5.69 Å². The van der Waals surface area contributed by atoms with Crippen molar-refractivity contribution in [1.82, 2.24) is 0 Å². The molecular weight excluding hydrogens is 257 g/mol. The van der Waals surface area contributed by atoms with E-state index < -0.39 is 6.10 Å². The highest BCUT2D eigenvalue weighted by atomic mass is 19.1. The van der Waals surface area contributed by atoms with Gasteiger partial charge >= 0.3 is 0 Å². The van der Waals surface area contributed by atoms with Gasteiger partial charge in [0.1, 0.15) is 5.82 Å². The molecule has 0 aliphatic carbocycles. The number of benzene rings is 1. The summed E-state index contributed by atoms with van der Waals surface area (Å²) in [4.78, 5) is 2.11. The van der Waals surface area contributed by atoms with E-state index in [1.165, 1.54) is 6.07 Å². The molecule has 1 aliphatic rings. The van der Waals surface area contributed by atoms with Crippen molar-refractivity contribution in [3.05, 3.63) is 29.6 Å². The van der Waals surface area contributed by atoms with Crippen LogP contribution in [0, 0.1) is 5.82 Å². The summed E-state index contributed by atoms with van der Waals surface area (Å²) in [6, 6.07) is 4.94. The van der Waals surface area contributed by atoms with Gasteiger partial charge in [0.2, 0.25) is 0 Å². The van der Waals surface area contributed by atoms with Gasteiger partial charge in [-0.15, -0.1) is 0 Å². The highest BCUT2D eigenvalue weighted by Gasteiger charge is 2.39. The molecule has 0 spiro atoms. The largest absolute Gasteiger partial charge is 0.389 e. The maximum absolute atomic E-state index is 14.0. The van der Waals surface area contributed by atoms with Crippen LogP contribution in [0.25, 0.3) is 0 Å². The summed E-state index contributed by atoms with van der Waals surface area (Å²) in [5, 5.41) is 9.88. The Bertz CT molecular complexity index is 481. The summed E-state index contributed by atoms with van der Waals surface area (Å²) in [7, 11) is 0. The normalized spacial score (nSPS) is 22.6. The van der Waals surface area contributed by atoms with E-state index in [2.05, 4.69) is 4.90 Å². The highest BCUT2D eigenvalue weighted by Crippen LogP contribution is 2.35. The zero-order valence-corrected chi connectivity index (χ0v) is 12.9. The molecule has 1 saturated heterocycles. The number of hydrogen-bond acceptors (Lipinski definition) is 3. The SMILES string of the molecule is C[C@H](O)c1c(F)cccc1N1CC(C)(C)OC(C)(C)C1. The van der Waals surface area contributed by atoms with E-state index in [9.17, 15) is 9.50 Å². The summed E-state index contributed by atoms with van der Waals surface area (Å²) < 4.78 is 20.1. The molecule has 1 aromatic rings. The van der Waals surface area contributed by atoms with Crippen molar-refractivity contribution in [1.29, 1.82) is 0 Å². The third kappa shape index (κ3) is 3.13. The second-order valence-electron chi connectivity index (χ2n) is 6.83. The van der Waals surface area contributed by atoms with Gasteiger partial charge in [-0.2, -0.15) is 0 Å². The Morgan fingerprint density at radius 2 is 1.75 bits per heavy atom. The van der Waals surface area contributed by atoms with Crippen molar-refractivity contribution in [2.75, 3.05) is 18.0 Å². The molecule has 1 N–H and O–H groups in total. The van der Waals surface area contributed by atoms with Crippen LogP contribution >= 0.6 is 0 Å². The topological polar surface area (TPSA) is 32.7 Å². The summed E-state index contributed by atoms with van der Waals surface area (Å²) in [6.45, 7) is 11.0. The van der Waals surface area contributed by atoms with Crippen LogP contribution in [0.4, 0.5) is 10.1 Å². The van der Waals surface area contributed by atoms with Gasteiger partial charge in [-0.3, -0.25) is 0 Å². The molecule has 112 valence electrons. The minimum absolute atomic E-state index is 0.315. The van der Waals surface area contributed by atoms with Crippen LogP contribution in [-0.4, -0.2) is 29.4 Å². The molecule has 1 aromatic carbocycles. The summed E-state index contributed by atoms with van der Waals surface area (Å²) in [5.41, 5.74) is 0.485. The van der Waals surface area contributed by atoms with E-state index in [1.807, 2.05) is 33.8 Å². The van der Waals surface area contributed by atoms with E-state index in [1.54, 1.807) is 13.0 Å². The lowest BCUT2D eigenvalue weighted by atomic mass is 9.96. The third-order valence-corrected chi connectivity index (χ3v) is 3.48. The lowest BCUT2D eigenvalue weighted by molar-refractivity contribution is -0.133. The molecule has 1 heterocycles. The van der Waals surface area contributed by atoms with E-state index in [-0.39, 0.29) is 17.0 Å². The quantitative estimate of drug-likeness (QED) is 0.903. The summed E-state index contributed by atoms with van der Waals surface area (Å²) in [6.07, 6.45) is -0.833. The van der Waals surface area contributed by atoms with Gasteiger partial charge in [-0.1, -0.05) is 6.07 Å². The van der Waals surface area contributed by atoms with Gasteiger partial charge in [-0.05, 0) is 46.8 Å². The Kier molecular flexibility index (Phi) is 3.82. The van der Waals surface area contributed by atoms with Gasteiger partial charge in [0.15, 0.2) is 0 Å². The van der Waals surface area contributed by atoms with Crippen LogP contribution in [0.2, 0.25) is 0 Å². The molecule has 1 fully saturated rings. The minimum atomic E-state index is -0.833. The molecule has 2 rings (SSSR count). The van der Waals surface area contributed by atoms with Crippen LogP contribution in [-0.2, 0) is 4.74 Å². The van der Waals surface area contributed by atoms with Gasteiger partial charge in [-0.25, -0.2) is 4.39 Å². The lowest BCUT2D eigenvalue weighted by Crippen LogP contribution is -2.57. The Hall–Kier alpha value is -1.13. The number of hydrogen-bond donors (Lipinski definition) is 1. The van der Waals surface area contributed by atoms with Crippen molar-refractivity contribution in [3.63, 3.8) is 0 Å². The predicted octanol–water partition coefficient (Wildman–Crippen LogP) is 3.27. The van der Waals surface area contributed by atoms with Crippen LogP contribution in [0.3, 0.4) is 0 Å². The first-order valence-corrected chi connectivity index (χ1v) is 7.03. The molecule has 1 atom stereocenters. The number of ether oxygens (including phenoxy) is 1. The average Bonchev–Trinajstić information content (AvgIpc) is 2.23. The smallest absolute Gasteiger partial charge is 0.131 e. The predicted molar refractivity (Wildman–Crippen MR) is 78.5 cm³/mol. The molecule has 0 aromatic heterocycles. The molecule has 3 nitrogen and oxygen atoms in total. The number of aliphatic hydroxyl groups is 1. The second-order valence-corrected chi connectivity index (χ2v) is 6.83. The number of aliphatic hydroxyl groups excluding tert-OH is 1. The number of rotatable bonds is 2. The number of anilines is 1. The number of nitrogens with zero attached hydrogens (tertiary/aromatic N) is 1. The molecule has 0 bridgehead atoms. The van der Waals surface area contributed by atoms with E-state index in [4.69, 9.17) is 4.74 Å². The monoisotopic (exact) mass is 281 g/mol. The average molecular weight is 281 g/mol. The second kappa shape index (κ2) is 5.01. The zero-order chi connectivity index (χ0) is 15.1. The standard InChI is InChI=1S/C16H24FNO2/c1-11(19)14-12(17)7-6-8-13(14)18-9-15(2,3)20-16(4,5)10-18/h6-8,11,19H,9-10H2,1-5H3/t11-/m0/s1. The Balaban J connectivity index is 2.43. The maximum atomic E-state index is 14.0. The van der Waals surface area contributed by atoms with Gasteiger partial charge < -0.3 is 14.7 Å². The van der Waals surface area contributed by atoms with Crippen molar-refractivity contribution >= 4 is 5.69 Å².